The summed E-state index contributed by atoms with van der Waals surface area (Å²) in [6, 6.07) is 12.8. The van der Waals surface area contributed by atoms with Crippen molar-refractivity contribution in [1.29, 1.82) is 0 Å². The van der Waals surface area contributed by atoms with Gasteiger partial charge in [0.05, 0.1) is 5.03 Å². The molecule has 1 atom stereocenters. The van der Waals surface area contributed by atoms with Crippen molar-refractivity contribution in [2.75, 3.05) is 6.54 Å². The number of aromatic nitrogens is 1. The summed E-state index contributed by atoms with van der Waals surface area (Å²) in [4.78, 5) is 4.57. The summed E-state index contributed by atoms with van der Waals surface area (Å²) in [6.07, 6.45) is 0. The van der Waals surface area contributed by atoms with Crippen LogP contribution < -0.4 is 5.73 Å². The van der Waals surface area contributed by atoms with Gasteiger partial charge in [0, 0.05) is 17.5 Å². The molecule has 100 valence electrons. The summed E-state index contributed by atoms with van der Waals surface area (Å²) in [5, 5.41) is 1.31. The predicted molar refractivity (Wildman–Crippen MR) is 82.5 cm³/mol. The van der Waals surface area contributed by atoms with E-state index in [1.807, 2.05) is 6.92 Å². The zero-order valence-electron chi connectivity index (χ0n) is 11.7. The van der Waals surface area contributed by atoms with Crippen LogP contribution in [0.5, 0.6) is 0 Å². The number of benzene rings is 1. The summed E-state index contributed by atoms with van der Waals surface area (Å²) in [5.41, 5.74) is 10.8. The molecular weight excluding hydrogens is 252 g/mol. The lowest BCUT2D eigenvalue weighted by Crippen LogP contribution is -2.09. The summed E-state index contributed by atoms with van der Waals surface area (Å²) >= 11 is 1.74. The Balaban J connectivity index is 2.21. The Kier molecular flexibility index (Phi) is 4.61. The smallest absolute Gasteiger partial charge is 0.0972 e. The van der Waals surface area contributed by atoms with Crippen molar-refractivity contribution in [3.05, 3.63) is 58.8 Å². The van der Waals surface area contributed by atoms with Gasteiger partial charge in [-0.15, -0.1) is 0 Å². The van der Waals surface area contributed by atoms with Gasteiger partial charge in [-0.1, -0.05) is 41.6 Å². The molecule has 0 fully saturated rings. The number of nitrogens with two attached hydrogens (primary N) is 1. The molecule has 0 aliphatic heterocycles. The molecule has 2 nitrogen and oxygen atoms in total. The molecule has 2 rings (SSSR count). The van der Waals surface area contributed by atoms with Gasteiger partial charge >= 0.3 is 0 Å². The fourth-order valence-electron chi connectivity index (χ4n) is 2.04. The van der Waals surface area contributed by atoms with E-state index in [4.69, 9.17) is 5.73 Å². The van der Waals surface area contributed by atoms with Crippen molar-refractivity contribution in [3.63, 3.8) is 0 Å². The predicted octanol–water partition coefficient (Wildman–Crippen LogP) is 3.80. The van der Waals surface area contributed by atoms with Gasteiger partial charge in [0.15, 0.2) is 0 Å². The number of thioether (sulfide) groups is 1. The zero-order valence-corrected chi connectivity index (χ0v) is 12.5. The third kappa shape index (κ3) is 3.82. The van der Waals surface area contributed by atoms with Crippen LogP contribution in [0.15, 0.2) is 41.4 Å². The molecule has 0 saturated heterocycles. The number of rotatable bonds is 4. The van der Waals surface area contributed by atoms with Crippen LogP contribution in [0.1, 0.15) is 27.6 Å². The molecule has 0 amide bonds. The van der Waals surface area contributed by atoms with Crippen LogP contribution in [0.3, 0.4) is 0 Å². The Bertz CT molecular complexity index is 529. The minimum absolute atomic E-state index is 0.259. The number of pyridine rings is 1. The molecule has 19 heavy (non-hydrogen) atoms. The van der Waals surface area contributed by atoms with E-state index >= 15 is 0 Å². The molecule has 0 bridgehead atoms. The van der Waals surface area contributed by atoms with Crippen LogP contribution >= 0.6 is 11.8 Å². The minimum atomic E-state index is 0.259. The molecule has 0 aliphatic carbocycles. The second kappa shape index (κ2) is 6.22. The van der Waals surface area contributed by atoms with Gasteiger partial charge in [-0.3, -0.25) is 0 Å². The largest absolute Gasteiger partial charge is 0.329 e. The monoisotopic (exact) mass is 272 g/mol. The van der Waals surface area contributed by atoms with E-state index in [0.29, 0.717) is 6.54 Å². The highest BCUT2D eigenvalue weighted by Gasteiger charge is 2.12. The third-order valence-corrected chi connectivity index (χ3v) is 4.20. The van der Waals surface area contributed by atoms with Crippen molar-refractivity contribution in [2.24, 2.45) is 5.73 Å². The molecule has 2 N–H and O–H groups in total. The van der Waals surface area contributed by atoms with E-state index in [2.05, 4.69) is 55.2 Å². The highest BCUT2D eigenvalue weighted by Crippen LogP contribution is 2.33. The quantitative estimate of drug-likeness (QED) is 0.860. The van der Waals surface area contributed by atoms with Gasteiger partial charge in [-0.2, -0.15) is 0 Å². The van der Waals surface area contributed by atoms with Gasteiger partial charge in [0.1, 0.15) is 0 Å². The lowest BCUT2D eigenvalue weighted by molar-refractivity contribution is 0.930. The van der Waals surface area contributed by atoms with Gasteiger partial charge in [0.25, 0.3) is 0 Å². The molecule has 1 aromatic heterocycles. The Morgan fingerprint density at radius 2 is 1.74 bits per heavy atom. The normalized spacial score (nSPS) is 12.4. The summed E-state index contributed by atoms with van der Waals surface area (Å²) < 4.78 is 0. The first kappa shape index (κ1) is 14.1. The van der Waals surface area contributed by atoms with E-state index < -0.39 is 0 Å². The maximum Gasteiger partial charge on any atom is 0.0972 e. The summed E-state index contributed by atoms with van der Waals surface area (Å²) in [5.74, 6) is 0. The highest BCUT2D eigenvalue weighted by molar-refractivity contribution is 7.99. The van der Waals surface area contributed by atoms with Crippen molar-refractivity contribution in [3.8, 4) is 0 Å². The first-order valence-corrected chi connectivity index (χ1v) is 7.35. The molecule has 0 saturated carbocycles. The molecular formula is C16H20N2S. The second-order valence-corrected chi connectivity index (χ2v) is 6.10. The number of aryl methyl sites for hydroxylation is 3. The van der Waals surface area contributed by atoms with E-state index in [9.17, 15) is 0 Å². The average Bonchev–Trinajstić information content (AvgIpc) is 2.36. The summed E-state index contributed by atoms with van der Waals surface area (Å²) in [6.45, 7) is 6.84. The van der Waals surface area contributed by atoms with Crippen molar-refractivity contribution in [2.45, 2.75) is 31.0 Å². The highest BCUT2D eigenvalue weighted by atomic mass is 32.2. The maximum absolute atomic E-state index is 5.92. The van der Waals surface area contributed by atoms with Gasteiger partial charge in [0.2, 0.25) is 0 Å². The fraction of sp³-hybridized carbons (Fsp3) is 0.312. The van der Waals surface area contributed by atoms with Crippen LogP contribution in [-0.2, 0) is 0 Å². The van der Waals surface area contributed by atoms with Gasteiger partial charge < -0.3 is 5.73 Å². The van der Waals surface area contributed by atoms with Crippen LogP contribution in [0, 0.1) is 20.8 Å². The van der Waals surface area contributed by atoms with Gasteiger partial charge in [-0.05, 0) is 44.0 Å². The maximum atomic E-state index is 5.92. The fourth-order valence-corrected chi connectivity index (χ4v) is 3.18. The Labute approximate surface area is 119 Å². The second-order valence-electron chi connectivity index (χ2n) is 4.88. The van der Waals surface area contributed by atoms with E-state index in [0.717, 1.165) is 10.7 Å². The van der Waals surface area contributed by atoms with Crippen molar-refractivity contribution in [1.82, 2.24) is 4.98 Å². The number of nitrogens with zero attached hydrogens (tertiary/aromatic N) is 1. The average molecular weight is 272 g/mol. The molecule has 2 aromatic rings. The third-order valence-electron chi connectivity index (χ3n) is 3.00. The van der Waals surface area contributed by atoms with Crippen LogP contribution in [0.2, 0.25) is 0 Å². The van der Waals surface area contributed by atoms with Gasteiger partial charge in [-0.25, -0.2) is 4.98 Å². The van der Waals surface area contributed by atoms with Crippen molar-refractivity contribution < 1.29 is 0 Å². The first-order chi connectivity index (χ1) is 9.08. The lowest BCUT2D eigenvalue weighted by Gasteiger charge is -2.15. The van der Waals surface area contributed by atoms with Crippen LogP contribution in [0.4, 0.5) is 0 Å². The molecule has 0 radical (unpaired) electrons. The molecule has 0 aliphatic rings. The van der Waals surface area contributed by atoms with Crippen LogP contribution in [-0.4, -0.2) is 11.5 Å². The van der Waals surface area contributed by atoms with E-state index in [1.165, 1.54) is 16.7 Å². The number of hydrogen-bond donors (Lipinski definition) is 1. The topological polar surface area (TPSA) is 38.9 Å². The zero-order chi connectivity index (χ0) is 13.8. The molecule has 1 aromatic carbocycles. The Morgan fingerprint density at radius 3 is 2.32 bits per heavy atom. The Hall–Kier alpha value is -1.32. The van der Waals surface area contributed by atoms with E-state index in [-0.39, 0.29) is 5.25 Å². The van der Waals surface area contributed by atoms with Crippen molar-refractivity contribution >= 4 is 11.8 Å². The molecule has 3 heteroatoms. The molecule has 1 unspecified atom stereocenters. The summed E-state index contributed by atoms with van der Waals surface area (Å²) in [7, 11) is 0. The van der Waals surface area contributed by atoms with Crippen LogP contribution in [0.25, 0.3) is 0 Å². The SMILES string of the molecule is Cc1ccc(C(CN)Sc2cc(C)cc(C)n2)cc1. The minimum Gasteiger partial charge on any atom is -0.329 e. The van der Waals surface area contributed by atoms with E-state index in [1.54, 1.807) is 11.8 Å². The Morgan fingerprint density at radius 1 is 1.05 bits per heavy atom. The first-order valence-electron chi connectivity index (χ1n) is 6.47. The lowest BCUT2D eigenvalue weighted by atomic mass is 10.1. The number of hydrogen-bond acceptors (Lipinski definition) is 3. The standard InChI is InChI=1S/C16H20N2S/c1-11-4-6-14(7-5-11)15(10-17)19-16-9-12(2)8-13(3)18-16/h4-9,15H,10,17H2,1-3H3. The molecule has 1 heterocycles. The molecule has 0 spiro atoms.